The highest BCUT2D eigenvalue weighted by Crippen LogP contribution is 2.27. The van der Waals surface area contributed by atoms with Gasteiger partial charge in [0.1, 0.15) is 12.4 Å². The Morgan fingerprint density at radius 3 is 2.67 bits per heavy atom. The van der Waals surface area contributed by atoms with Crippen LogP contribution in [0.15, 0.2) is 52.1 Å². The summed E-state index contributed by atoms with van der Waals surface area (Å²) in [4.78, 5) is 0. The first-order chi connectivity index (χ1) is 13.1. The number of nitrogens with zero attached hydrogens (tertiary/aromatic N) is 4. The topological polar surface area (TPSA) is 64.9 Å². The third kappa shape index (κ3) is 6.21. The van der Waals surface area contributed by atoms with Crippen LogP contribution in [0, 0.1) is 0 Å². The fourth-order valence-corrected chi connectivity index (χ4v) is 3.72. The lowest BCUT2D eigenvalue weighted by molar-refractivity contribution is 0.304. The number of aryl methyl sites for hydroxylation is 1. The fourth-order valence-electron chi connectivity index (χ4n) is 2.30. The molecule has 0 aliphatic carbocycles. The molecule has 142 valence electrons. The lowest BCUT2D eigenvalue weighted by Gasteiger charge is -2.11. The first-order valence-corrected chi connectivity index (χ1v) is 10.5. The van der Waals surface area contributed by atoms with Gasteiger partial charge in [0.2, 0.25) is 5.16 Å². The molecule has 3 aromatic rings. The zero-order valence-electron chi connectivity index (χ0n) is 14.7. The van der Waals surface area contributed by atoms with Gasteiger partial charge in [-0.3, -0.25) is 0 Å². The molecule has 0 aliphatic heterocycles. The number of nitrogens with one attached hydrogen (secondary N) is 1. The molecule has 9 heteroatoms. The van der Waals surface area contributed by atoms with Crippen molar-refractivity contribution in [2.75, 3.05) is 12.3 Å². The van der Waals surface area contributed by atoms with Crippen molar-refractivity contribution < 1.29 is 4.74 Å². The summed E-state index contributed by atoms with van der Waals surface area (Å²) in [6.45, 7) is 2.15. The second-order valence-corrected chi connectivity index (χ2v) is 8.14. The number of ether oxygens (including phenoxy) is 1. The molecule has 1 heterocycles. The number of benzene rings is 2. The summed E-state index contributed by atoms with van der Waals surface area (Å²) in [6.07, 6.45) is 0. The maximum atomic E-state index is 5.90. The average Bonchev–Trinajstić information content (AvgIpc) is 3.07. The van der Waals surface area contributed by atoms with E-state index < -0.39 is 0 Å². The highest BCUT2D eigenvalue weighted by molar-refractivity contribution is 9.10. The molecule has 6 nitrogen and oxygen atoms in total. The largest absolute Gasteiger partial charge is 0.488 e. The zero-order chi connectivity index (χ0) is 19.1. The molecule has 2 aromatic carbocycles. The van der Waals surface area contributed by atoms with Crippen molar-refractivity contribution in [3.8, 4) is 5.75 Å². The molecule has 3 rings (SSSR count). The second-order valence-electron chi connectivity index (χ2n) is 5.79. The van der Waals surface area contributed by atoms with Gasteiger partial charge < -0.3 is 10.1 Å². The molecule has 0 radical (unpaired) electrons. The van der Waals surface area contributed by atoms with Gasteiger partial charge in [0.15, 0.2) is 0 Å². The van der Waals surface area contributed by atoms with Crippen molar-refractivity contribution in [2.45, 2.75) is 18.3 Å². The van der Waals surface area contributed by atoms with Crippen LogP contribution in [0.5, 0.6) is 5.75 Å². The van der Waals surface area contributed by atoms with Crippen molar-refractivity contribution in [3.05, 3.63) is 63.1 Å². The van der Waals surface area contributed by atoms with Crippen LogP contribution in [0.1, 0.15) is 11.1 Å². The van der Waals surface area contributed by atoms with Gasteiger partial charge in [-0.05, 0) is 61.7 Å². The summed E-state index contributed by atoms with van der Waals surface area (Å²) in [7, 11) is 1.84. The highest BCUT2D eigenvalue weighted by Gasteiger charge is 2.05. The van der Waals surface area contributed by atoms with Crippen LogP contribution in [0.2, 0.25) is 5.02 Å². The Labute approximate surface area is 175 Å². The number of tetrazole rings is 1. The Kier molecular flexibility index (Phi) is 7.51. The summed E-state index contributed by atoms with van der Waals surface area (Å²) >= 11 is 11.1. The maximum absolute atomic E-state index is 5.90. The highest BCUT2D eigenvalue weighted by atomic mass is 79.9. The molecule has 0 bridgehead atoms. The minimum absolute atomic E-state index is 0.501. The molecule has 0 aliphatic rings. The molecule has 0 fully saturated rings. The number of hydrogen-bond acceptors (Lipinski definition) is 6. The normalized spacial score (nSPS) is 10.9. The average molecular weight is 469 g/mol. The number of halogens is 2. The second kappa shape index (κ2) is 10.1. The lowest BCUT2D eigenvalue weighted by atomic mass is 10.2. The first kappa shape index (κ1) is 20.1. The Bertz CT molecular complexity index is 874. The standard InChI is InChI=1S/C18H19BrClN5OS/c1-25-18(22-23-24-25)27-9-8-21-11-14-4-7-17(16(19)10-14)26-12-13-2-5-15(20)6-3-13/h2-7,10,21H,8-9,11-12H2,1H3. The predicted molar refractivity (Wildman–Crippen MR) is 111 cm³/mol. The molecule has 27 heavy (non-hydrogen) atoms. The maximum Gasteiger partial charge on any atom is 0.209 e. The van der Waals surface area contributed by atoms with E-state index in [2.05, 4.69) is 48.9 Å². The van der Waals surface area contributed by atoms with Crippen LogP contribution in [-0.4, -0.2) is 32.5 Å². The van der Waals surface area contributed by atoms with Crippen molar-refractivity contribution in [2.24, 2.45) is 7.05 Å². The van der Waals surface area contributed by atoms with Gasteiger partial charge in [-0.1, -0.05) is 41.6 Å². The third-order valence-corrected chi connectivity index (χ3v) is 5.61. The number of aromatic nitrogens is 4. The summed E-state index contributed by atoms with van der Waals surface area (Å²) in [6, 6.07) is 13.8. The lowest BCUT2D eigenvalue weighted by Crippen LogP contribution is -2.16. The number of thioether (sulfide) groups is 1. The van der Waals surface area contributed by atoms with Crippen LogP contribution >= 0.6 is 39.3 Å². The summed E-state index contributed by atoms with van der Waals surface area (Å²) in [5.74, 6) is 1.72. The Morgan fingerprint density at radius 1 is 1.19 bits per heavy atom. The fraction of sp³-hybridized carbons (Fsp3) is 0.278. The molecule has 0 atom stereocenters. The van der Waals surface area contributed by atoms with E-state index in [4.69, 9.17) is 16.3 Å². The van der Waals surface area contributed by atoms with Gasteiger partial charge in [0.25, 0.3) is 0 Å². The monoisotopic (exact) mass is 467 g/mol. The molecule has 1 N–H and O–H groups in total. The Morgan fingerprint density at radius 2 is 1.96 bits per heavy atom. The molecule has 0 saturated carbocycles. The Balaban J connectivity index is 1.42. The predicted octanol–water partition coefficient (Wildman–Crippen LogP) is 4.09. The van der Waals surface area contributed by atoms with Gasteiger partial charge in [-0.25, -0.2) is 4.68 Å². The minimum atomic E-state index is 0.501. The summed E-state index contributed by atoms with van der Waals surface area (Å²) < 4.78 is 8.49. The van der Waals surface area contributed by atoms with E-state index in [9.17, 15) is 0 Å². The number of rotatable bonds is 9. The van der Waals surface area contributed by atoms with Gasteiger partial charge >= 0.3 is 0 Å². The third-order valence-electron chi connectivity index (χ3n) is 3.72. The van der Waals surface area contributed by atoms with Crippen LogP contribution in [0.3, 0.4) is 0 Å². The SMILES string of the molecule is Cn1nnnc1SCCNCc1ccc(OCc2ccc(Cl)cc2)c(Br)c1. The van der Waals surface area contributed by atoms with Gasteiger partial charge in [-0.15, -0.1) is 5.10 Å². The van der Waals surface area contributed by atoms with Crippen molar-refractivity contribution >= 4 is 39.3 Å². The molecular formula is C18H19BrClN5OS. The van der Waals surface area contributed by atoms with Crippen LogP contribution < -0.4 is 10.1 Å². The van der Waals surface area contributed by atoms with Gasteiger partial charge in [0, 0.05) is 30.9 Å². The molecule has 0 amide bonds. The first-order valence-electron chi connectivity index (χ1n) is 8.33. The molecule has 0 saturated heterocycles. The van der Waals surface area contributed by atoms with E-state index in [1.807, 2.05) is 37.4 Å². The summed E-state index contributed by atoms with van der Waals surface area (Å²) in [5, 5.41) is 16.3. The van der Waals surface area contributed by atoms with E-state index in [0.717, 1.165) is 44.8 Å². The Hall–Kier alpha value is -1.61. The van der Waals surface area contributed by atoms with Crippen LogP contribution in [0.4, 0.5) is 0 Å². The van der Waals surface area contributed by atoms with E-state index >= 15 is 0 Å². The molecule has 0 unspecified atom stereocenters. The van der Waals surface area contributed by atoms with E-state index in [1.54, 1.807) is 16.4 Å². The molecule has 1 aromatic heterocycles. The van der Waals surface area contributed by atoms with E-state index in [0.29, 0.717) is 6.61 Å². The zero-order valence-corrected chi connectivity index (χ0v) is 17.9. The van der Waals surface area contributed by atoms with Gasteiger partial charge in [0.05, 0.1) is 4.47 Å². The van der Waals surface area contributed by atoms with Crippen molar-refractivity contribution in [1.82, 2.24) is 25.5 Å². The number of hydrogen-bond donors (Lipinski definition) is 1. The van der Waals surface area contributed by atoms with E-state index in [1.165, 1.54) is 5.56 Å². The smallest absolute Gasteiger partial charge is 0.209 e. The van der Waals surface area contributed by atoms with Crippen LogP contribution in [0.25, 0.3) is 0 Å². The molecule has 0 spiro atoms. The van der Waals surface area contributed by atoms with E-state index in [-0.39, 0.29) is 0 Å². The summed E-state index contributed by atoms with van der Waals surface area (Å²) in [5.41, 5.74) is 2.26. The van der Waals surface area contributed by atoms with Gasteiger partial charge in [-0.2, -0.15) is 0 Å². The quantitative estimate of drug-likeness (QED) is 0.377. The minimum Gasteiger partial charge on any atom is -0.488 e. The van der Waals surface area contributed by atoms with Crippen molar-refractivity contribution in [3.63, 3.8) is 0 Å². The van der Waals surface area contributed by atoms with Crippen LogP contribution in [-0.2, 0) is 20.2 Å². The van der Waals surface area contributed by atoms with Crippen molar-refractivity contribution in [1.29, 1.82) is 0 Å². The molecular weight excluding hydrogens is 450 g/mol.